The number of hydrogen-bond acceptors (Lipinski definition) is 5. The first kappa shape index (κ1) is 8.04. The van der Waals surface area contributed by atoms with E-state index in [0.717, 1.165) is 0 Å². The van der Waals surface area contributed by atoms with Crippen molar-refractivity contribution in [1.29, 1.82) is 0 Å². The molecule has 7 heteroatoms. The van der Waals surface area contributed by atoms with Gasteiger partial charge < -0.3 is 0 Å². The molecule has 3 aromatic heterocycles. The molecule has 0 saturated carbocycles. The number of aryl methyl sites for hydroxylation is 1. The first-order chi connectivity index (χ1) is 7.31. The van der Waals surface area contributed by atoms with Crippen LogP contribution >= 0.6 is 0 Å². The molecule has 0 aliphatic rings. The minimum Gasteiger partial charge on any atom is -0.294 e. The molecular formula is C8H6N6O. The fraction of sp³-hybridized carbons (Fsp3) is 0.125. The summed E-state index contributed by atoms with van der Waals surface area (Å²) in [5.41, 5.74) is 1.25. The van der Waals surface area contributed by atoms with Crippen LogP contribution in [0.2, 0.25) is 0 Å². The third kappa shape index (κ3) is 0.912. The quantitative estimate of drug-likeness (QED) is 0.514. The van der Waals surface area contributed by atoms with Gasteiger partial charge in [-0.15, -0.1) is 20.4 Å². The van der Waals surface area contributed by atoms with Crippen molar-refractivity contribution in [2.24, 2.45) is 0 Å². The minimum atomic E-state index is 0.235. The number of rotatable bonds is 1. The molecule has 0 N–H and O–H groups in total. The van der Waals surface area contributed by atoms with Crippen molar-refractivity contribution in [1.82, 2.24) is 29.4 Å². The molecule has 0 aliphatic carbocycles. The summed E-state index contributed by atoms with van der Waals surface area (Å²) in [6.07, 6.45) is 0.652. The van der Waals surface area contributed by atoms with Crippen LogP contribution in [0.3, 0.4) is 0 Å². The molecule has 3 aromatic rings. The predicted molar refractivity (Wildman–Crippen MR) is 49.7 cm³/mol. The van der Waals surface area contributed by atoms with Crippen LogP contribution in [0, 0.1) is 6.92 Å². The van der Waals surface area contributed by atoms with Crippen molar-refractivity contribution < 1.29 is 4.79 Å². The SMILES string of the molecule is Cc1nnc2ccc3nnc(C=O)n3n12. The third-order valence-electron chi connectivity index (χ3n) is 2.20. The molecule has 0 spiro atoms. The highest BCUT2D eigenvalue weighted by atomic mass is 16.1. The molecule has 74 valence electrons. The van der Waals surface area contributed by atoms with Gasteiger partial charge in [-0.2, -0.15) is 0 Å². The van der Waals surface area contributed by atoms with Crippen molar-refractivity contribution in [2.75, 3.05) is 0 Å². The van der Waals surface area contributed by atoms with Crippen LogP contribution in [0.4, 0.5) is 0 Å². The molecule has 0 unspecified atom stereocenters. The van der Waals surface area contributed by atoms with E-state index in [0.29, 0.717) is 23.4 Å². The van der Waals surface area contributed by atoms with Crippen LogP contribution in [-0.2, 0) is 0 Å². The van der Waals surface area contributed by atoms with Gasteiger partial charge in [-0.1, -0.05) is 0 Å². The number of nitrogens with zero attached hydrogens (tertiary/aromatic N) is 6. The molecule has 15 heavy (non-hydrogen) atoms. The van der Waals surface area contributed by atoms with Gasteiger partial charge in [0.25, 0.3) is 0 Å². The maximum absolute atomic E-state index is 10.8. The van der Waals surface area contributed by atoms with Crippen molar-refractivity contribution in [3.8, 4) is 0 Å². The highest BCUT2D eigenvalue weighted by Crippen LogP contribution is 2.07. The zero-order chi connectivity index (χ0) is 10.4. The molecule has 0 radical (unpaired) electrons. The van der Waals surface area contributed by atoms with E-state index in [2.05, 4.69) is 20.4 Å². The summed E-state index contributed by atoms with van der Waals surface area (Å²) in [6.45, 7) is 1.80. The monoisotopic (exact) mass is 202 g/mol. The first-order valence-electron chi connectivity index (χ1n) is 4.32. The number of fused-ring (bicyclic) bond motifs is 3. The van der Waals surface area contributed by atoms with Gasteiger partial charge in [0.2, 0.25) is 5.82 Å². The van der Waals surface area contributed by atoms with Crippen LogP contribution in [0.25, 0.3) is 11.3 Å². The lowest BCUT2D eigenvalue weighted by Crippen LogP contribution is -2.05. The number of carbonyl (C=O) groups excluding carboxylic acids is 1. The van der Waals surface area contributed by atoms with Crippen LogP contribution in [0.1, 0.15) is 16.4 Å². The normalized spacial score (nSPS) is 11.3. The summed E-state index contributed by atoms with van der Waals surface area (Å²) in [4.78, 5) is 10.8. The van der Waals surface area contributed by atoms with Gasteiger partial charge in [-0.3, -0.25) is 4.79 Å². The van der Waals surface area contributed by atoms with Crippen LogP contribution in [0.5, 0.6) is 0 Å². The molecule has 0 amide bonds. The van der Waals surface area contributed by atoms with Crippen molar-refractivity contribution in [3.05, 3.63) is 23.8 Å². The Morgan fingerprint density at radius 1 is 1.07 bits per heavy atom. The van der Waals surface area contributed by atoms with Gasteiger partial charge in [0.1, 0.15) is 5.82 Å². The van der Waals surface area contributed by atoms with Crippen molar-refractivity contribution >= 4 is 17.6 Å². The van der Waals surface area contributed by atoms with Gasteiger partial charge in [0.05, 0.1) is 0 Å². The summed E-state index contributed by atoms with van der Waals surface area (Å²) in [6, 6.07) is 3.52. The lowest BCUT2D eigenvalue weighted by Gasteiger charge is -1.99. The highest BCUT2D eigenvalue weighted by molar-refractivity contribution is 5.70. The average Bonchev–Trinajstić information content (AvgIpc) is 2.81. The second kappa shape index (κ2) is 2.59. The van der Waals surface area contributed by atoms with Crippen LogP contribution in [-0.4, -0.2) is 35.7 Å². The Hall–Kier alpha value is -2.31. The van der Waals surface area contributed by atoms with E-state index in [9.17, 15) is 4.79 Å². The second-order valence-corrected chi connectivity index (χ2v) is 3.10. The predicted octanol–water partition coefficient (Wildman–Crippen LogP) is -0.107. The number of aldehydes is 1. The molecule has 0 fully saturated rings. The summed E-state index contributed by atoms with van der Waals surface area (Å²) in [5, 5.41) is 15.5. The van der Waals surface area contributed by atoms with E-state index in [4.69, 9.17) is 0 Å². The van der Waals surface area contributed by atoms with Crippen LogP contribution < -0.4 is 0 Å². The standard InChI is InChI=1S/C8H6N6O/c1-5-9-10-6-2-3-7-11-12-8(4-15)14(7)13(5)6/h2-4H,1H3. The third-order valence-corrected chi connectivity index (χ3v) is 2.20. The Morgan fingerprint density at radius 3 is 2.47 bits per heavy atom. The van der Waals surface area contributed by atoms with E-state index >= 15 is 0 Å². The van der Waals surface area contributed by atoms with E-state index in [1.165, 1.54) is 0 Å². The smallest absolute Gasteiger partial charge is 0.216 e. The van der Waals surface area contributed by atoms with Crippen LogP contribution in [0.15, 0.2) is 12.1 Å². The average molecular weight is 202 g/mol. The second-order valence-electron chi connectivity index (χ2n) is 3.10. The van der Waals surface area contributed by atoms with Gasteiger partial charge in [-0.25, -0.2) is 9.03 Å². The van der Waals surface area contributed by atoms with Gasteiger partial charge >= 0.3 is 0 Å². The largest absolute Gasteiger partial charge is 0.294 e. The van der Waals surface area contributed by atoms with Gasteiger partial charge in [-0.05, 0) is 19.1 Å². The molecule has 0 saturated heterocycles. The minimum absolute atomic E-state index is 0.235. The van der Waals surface area contributed by atoms with Crippen molar-refractivity contribution in [3.63, 3.8) is 0 Å². The first-order valence-corrected chi connectivity index (χ1v) is 4.32. The summed E-state index contributed by atoms with van der Waals surface area (Å²) in [5.74, 6) is 0.914. The molecule has 7 nitrogen and oxygen atoms in total. The van der Waals surface area contributed by atoms with Crippen molar-refractivity contribution in [2.45, 2.75) is 6.92 Å². The number of hydrogen-bond donors (Lipinski definition) is 0. The fourth-order valence-corrected chi connectivity index (χ4v) is 1.56. The highest BCUT2D eigenvalue weighted by Gasteiger charge is 2.10. The van der Waals surface area contributed by atoms with Gasteiger partial charge in [0, 0.05) is 0 Å². The summed E-state index contributed by atoms with van der Waals surface area (Å²) in [7, 11) is 0. The van der Waals surface area contributed by atoms with E-state index < -0.39 is 0 Å². The Kier molecular flexibility index (Phi) is 1.39. The molecule has 0 aromatic carbocycles. The number of aromatic nitrogens is 6. The molecule has 3 heterocycles. The topological polar surface area (TPSA) is 77.4 Å². The Balaban J connectivity index is 2.65. The lowest BCUT2D eigenvalue weighted by molar-refractivity contribution is 0.111. The van der Waals surface area contributed by atoms with Gasteiger partial charge in [0.15, 0.2) is 17.6 Å². The lowest BCUT2D eigenvalue weighted by atomic mass is 10.5. The number of carbonyl (C=O) groups is 1. The van der Waals surface area contributed by atoms with E-state index in [1.54, 1.807) is 28.1 Å². The molecule has 0 bridgehead atoms. The maximum Gasteiger partial charge on any atom is 0.216 e. The fourth-order valence-electron chi connectivity index (χ4n) is 1.56. The molecule has 3 rings (SSSR count). The Morgan fingerprint density at radius 2 is 1.73 bits per heavy atom. The molecular weight excluding hydrogens is 196 g/mol. The Labute approximate surface area is 83.3 Å². The maximum atomic E-state index is 10.8. The molecule has 0 aliphatic heterocycles. The summed E-state index contributed by atoms with van der Waals surface area (Å²) < 4.78 is 3.27. The Bertz CT molecular complexity index is 666. The van der Waals surface area contributed by atoms with E-state index in [-0.39, 0.29) is 5.82 Å². The van der Waals surface area contributed by atoms with E-state index in [1.807, 2.05) is 0 Å². The molecule has 0 atom stereocenters. The zero-order valence-corrected chi connectivity index (χ0v) is 7.82. The zero-order valence-electron chi connectivity index (χ0n) is 7.82. The summed E-state index contributed by atoms with van der Waals surface area (Å²) >= 11 is 0.